The molecule has 0 heterocycles. The first-order chi connectivity index (χ1) is 5.02. The maximum absolute atomic E-state index is 9.44. The van der Waals surface area contributed by atoms with E-state index in [2.05, 4.69) is 6.58 Å². The Morgan fingerprint density at radius 3 is 2.36 bits per heavy atom. The highest BCUT2D eigenvalue weighted by Crippen LogP contribution is 2.14. The summed E-state index contributed by atoms with van der Waals surface area (Å²) in [7, 11) is 0. The summed E-state index contributed by atoms with van der Waals surface area (Å²) in [5, 5.41) is 18.3. The molecule has 0 unspecified atom stereocenters. The number of aliphatic hydroxyl groups excluding tert-OH is 1. The molecule has 0 spiro atoms. The largest absolute Gasteiger partial charge is 0.392 e. The molecule has 0 aromatic heterocycles. The van der Waals surface area contributed by atoms with Gasteiger partial charge in [-0.25, -0.2) is 0 Å². The highest BCUT2D eigenvalue weighted by atomic mass is 16.3. The van der Waals surface area contributed by atoms with Gasteiger partial charge in [0, 0.05) is 0 Å². The summed E-state index contributed by atoms with van der Waals surface area (Å²) in [6.45, 7) is 6.74. The van der Waals surface area contributed by atoms with Crippen LogP contribution in [-0.4, -0.2) is 22.4 Å². The summed E-state index contributed by atoms with van der Waals surface area (Å²) in [6, 6.07) is 0. The number of rotatable bonds is 4. The predicted octanol–water partition coefficient (Wildman–Crippen LogP) is 1.25. The molecule has 0 aromatic rings. The van der Waals surface area contributed by atoms with Crippen LogP contribution in [0.3, 0.4) is 0 Å². The molecule has 0 aliphatic rings. The van der Waals surface area contributed by atoms with Crippen molar-refractivity contribution in [3.05, 3.63) is 24.3 Å². The number of aliphatic hydroxyl groups is 2. The first-order valence-corrected chi connectivity index (χ1v) is 3.66. The van der Waals surface area contributed by atoms with Crippen molar-refractivity contribution < 1.29 is 10.2 Å². The van der Waals surface area contributed by atoms with Crippen LogP contribution in [0.5, 0.6) is 0 Å². The van der Waals surface area contributed by atoms with Crippen molar-refractivity contribution >= 4 is 0 Å². The zero-order valence-electron chi connectivity index (χ0n) is 7.17. The molecule has 2 nitrogen and oxygen atoms in total. The maximum Gasteiger partial charge on any atom is 0.0822 e. The zero-order chi connectivity index (χ0) is 8.91. The summed E-state index contributed by atoms with van der Waals surface area (Å²) in [4.78, 5) is 0. The van der Waals surface area contributed by atoms with Crippen LogP contribution in [0.25, 0.3) is 0 Å². The van der Waals surface area contributed by atoms with E-state index >= 15 is 0 Å². The van der Waals surface area contributed by atoms with E-state index in [1.54, 1.807) is 26.0 Å². The van der Waals surface area contributed by atoms with E-state index in [9.17, 15) is 5.11 Å². The molecule has 0 fully saturated rings. The molecule has 0 saturated carbocycles. The molecule has 0 atom stereocenters. The van der Waals surface area contributed by atoms with Crippen molar-refractivity contribution in [2.75, 3.05) is 6.61 Å². The molecule has 0 rings (SSSR count). The van der Waals surface area contributed by atoms with Crippen molar-refractivity contribution in [3.63, 3.8) is 0 Å². The Hall–Kier alpha value is -0.600. The molecule has 0 saturated heterocycles. The minimum Gasteiger partial charge on any atom is -0.392 e. The van der Waals surface area contributed by atoms with Crippen LogP contribution in [-0.2, 0) is 0 Å². The van der Waals surface area contributed by atoms with Gasteiger partial charge in [-0.3, -0.25) is 0 Å². The van der Waals surface area contributed by atoms with E-state index in [0.29, 0.717) is 12.0 Å². The van der Waals surface area contributed by atoms with Crippen molar-refractivity contribution in [2.45, 2.75) is 25.9 Å². The molecule has 0 aliphatic heterocycles. The molecule has 0 aliphatic carbocycles. The van der Waals surface area contributed by atoms with Crippen LogP contribution in [0.2, 0.25) is 0 Å². The van der Waals surface area contributed by atoms with Crippen molar-refractivity contribution in [1.82, 2.24) is 0 Å². The third-order valence-corrected chi connectivity index (χ3v) is 1.49. The molecular weight excluding hydrogens is 140 g/mol. The molecular formula is C9H16O2. The summed E-state index contributed by atoms with van der Waals surface area (Å²) in [5.41, 5.74) is -0.282. The molecule has 11 heavy (non-hydrogen) atoms. The fraction of sp³-hybridized carbons (Fsp3) is 0.556. The Balaban J connectivity index is 4.26. The molecule has 2 heteroatoms. The van der Waals surface area contributed by atoms with Gasteiger partial charge in [-0.15, -0.1) is 6.58 Å². The van der Waals surface area contributed by atoms with Gasteiger partial charge >= 0.3 is 0 Å². The fourth-order valence-electron chi connectivity index (χ4n) is 0.733. The highest BCUT2D eigenvalue weighted by Gasteiger charge is 2.17. The molecule has 0 radical (unpaired) electrons. The zero-order valence-corrected chi connectivity index (χ0v) is 7.17. The Morgan fingerprint density at radius 1 is 1.55 bits per heavy atom. The lowest BCUT2D eigenvalue weighted by Crippen LogP contribution is -2.24. The highest BCUT2D eigenvalue weighted by molar-refractivity contribution is 5.14. The fourth-order valence-corrected chi connectivity index (χ4v) is 0.733. The predicted molar refractivity (Wildman–Crippen MR) is 46.3 cm³/mol. The topological polar surface area (TPSA) is 40.5 Å². The summed E-state index contributed by atoms with van der Waals surface area (Å²) < 4.78 is 0. The Labute approximate surface area is 67.9 Å². The third kappa shape index (κ3) is 3.96. The second kappa shape index (κ2) is 4.31. The van der Waals surface area contributed by atoms with E-state index in [1.165, 1.54) is 0 Å². The monoisotopic (exact) mass is 156 g/mol. The second-order valence-corrected chi connectivity index (χ2v) is 2.97. The first kappa shape index (κ1) is 10.4. The Kier molecular flexibility index (Phi) is 4.08. The Bertz CT molecular complexity index is 151. The van der Waals surface area contributed by atoms with Crippen molar-refractivity contribution in [3.8, 4) is 0 Å². The molecule has 0 amide bonds. The smallest absolute Gasteiger partial charge is 0.0822 e. The van der Waals surface area contributed by atoms with E-state index in [1.807, 2.05) is 0 Å². The SMILES string of the molecule is C=CC/C=C(\CO)C(C)(C)O. The van der Waals surface area contributed by atoms with Gasteiger partial charge in [-0.05, 0) is 25.8 Å². The van der Waals surface area contributed by atoms with Crippen LogP contribution in [0.1, 0.15) is 20.3 Å². The van der Waals surface area contributed by atoms with Crippen LogP contribution >= 0.6 is 0 Å². The lowest BCUT2D eigenvalue weighted by atomic mass is 9.98. The minimum atomic E-state index is -0.919. The van der Waals surface area contributed by atoms with Crippen LogP contribution < -0.4 is 0 Å². The second-order valence-electron chi connectivity index (χ2n) is 2.97. The molecule has 0 aromatic carbocycles. The summed E-state index contributed by atoms with van der Waals surface area (Å²) >= 11 is 0. The number of allylic oxidation sites excluding steroid dienone is 2. The summed E-state index contributed by atoms with van der Waals surface area (Å²) in [5.74, 6) is 0. The lowest BCUT2D eigenvalue weighted by molar-refractivity contribution is 0.104. The van der Waals surface area contributed by atoms with Crippen LogP contribution in [0.4, 0.5) is 0 Å². The van der Waals surface area contributed by atoms with Gasteiger partial charge in [-0.2, -0.15) is 0 Å². The number of hydrogen-bond donors (Lipinski definition) is 2. The summed E-state index contributed by atoms with van der Waals surface area (Å²) in [6.07, 6.45) is 4.19. The van der Waals surface area contributed by atoms with Gasteiger partial charge in [0.2, 0.25) is 0 Å². The van der Waals surface area contributed by atoms with Gasteiger partial charge in [0.1, 0.15) is 0 Å². The molecule has 0 bridgehead atoms. The van der Waals surface area contributed by atoms with Gasteiger partial charge in [-0.1, -0.05) is 12.2 Å². The van der Waals surface area contributed by atoms with Gasteiger partial charge in [0.15, 0.2) is 0 Å². The lowest BCUT2D eigenvalue weighted by Gasteiger charge is -2.19. The van der Waals surface area contributed by atoms with Gasteiger partial charge < -0.3 is 10.2 Å². The number of hydrogen-bond acceptors (Lipinski definition) is 2. The van der Waals surface area contributed by atoms with Crippen molar-refractivity contribution in [2.24, 2.45) is 0 Å². The molecule has 64 valence electrons. The minimum absolute atomic E-state index is 0.0999. The average molecular weight is 156 g/mol. The van der Waals surface area contributed by atoms with Gasteiger partial charge in [0.05, 0.1) is 12.2 Å². The van der Waals surface area contributed by atoms with E-state index in [-0.39, 0.29) is 6.61 Å². The van der Waals surface area contributed by atoms with E-state index in [4.69, 9.17) is 5.11 Å². The maximum atomic E-state index is 9.44. The quantitative estimate of drug-likeness (QED) is 0.601. The standard InChI is InChI=1S/C9H16O2/c1-4-5-6-8(7-10)9(2,3)11/h4,6,10-11H,1,5,7H2,2-3H3/b8-6+. The van der Waals surface area contributed by atoms with Gasteiger partial charge in [0.25, 0.3) is 0 Å². The normalized spacial score (nSPS) is 13.3. The van der Waals surface area contributed by atoms with E-state index in [0.717, 1.165) is 0 Å². The van der Waals surface area contributed by atoms with Crippen LogP contribution in [0.15, 0.2) is 24.3 Å². The van der Waals surface area contributed by atoms with E-state index < -0.39 is 5.60 Å². The Morgan fingerprint density at radius 2 is 2.09 bits per heavy atom. The van der Waals surface area contributed by atoms with Crippen LogP contribution in [0, 0.1) is 0 Å². The molecule has 2 N–H and O–H groups in total. The first-order valence-electron chi connectivity index (χ1n) is 3.66. The third-order valence-electron chi connectivity index (χ3n) is 1.49. The average Bonchev–Trinajstić information content (AvgIpc) is 1.87. The van der Waals surface area contributed by atoms with Crippen molar-refractivity contribution in [1.29, 1.82) is 0 Å².